The number of carbonyl (C=O) groups excluding carboxylic acids is 2. The van der Waals surface area contributed by atoms with E-state index in [0.717, 1.165) is 0 Å². The molecule has 31 heavy (non-hydrogen) atoms. The highest BCUT2D eigenvalue weighted by molar-refractivity contribution is 6.53. The molecular formula is C18H15Cl5N6O2. The summed E-state index contributed by atoms with van der Waals surface area (Å²) in [7, 11) is 0. The number of halogens is 5. The second-order valence-electron chi connectivity index (χ2n) is 6.59. The van der Waals surface area contributed by atoms with E-state index in [0.29, 0.717) is 21.3 Å². The maximum absolute atomic E-state index is 12.8. The van der Waals surface area contributed by atoms with E-state index in [4.69, 9.17) is 69.7 Å². The highest BCUT2D eigenvalue weighted by atomic mass is 35.5. The molecule has 2 atom stereocenters. The van der Waals surface area contributed by atoms with Crippen LogP contribution < -0.4 is 27.7 Å². The largest absolute Gasteiger partial charge is 0.326 e. The first-order valence-corrected chi connectivity index (χ1v) is 10.5. The molecule has 1 fully saturated rings. The number of rotatable bonds is 4. The number of hydrazine groups is 1. The Kier molecular flexibility index (Phi) is 7.10. The molecule has 3 rings (SSSR count). The molecule has 0 radical (unpaired) electrons. The van der Waals surface area contributed by atoms with Crippen LogP contribution >= 0.6 is 58.0 Å². The van der Waals surface area contributed by atoms with Crippen LogP contribution in [0.2, 0.25) is 15.1 Å². The van der Waals surface area contributed by atoms with Crippen LogP contribution in [0.3, 0.4) is 0 Å². The number of hydrazone groups is 1. The molecule has 0 aromatic heterocycles. The van der Waals surface area contributed by atoms with Gasteiger partial charge in [0.15, 0.2) is 0 Å². The number of hydrogen-bond acceptors (Lipinski definition) is 5. The van der Waals surface area contributed by atoms with Crippen molar-refractivity contribution in [2.24, 2.45) is 22.7 Å². The van der Waals surface area contributed by atoms with Crippen LogP contribution in [-0.4, -0.2) is 22.1 Å². The molecular weight excluding hydrogens is 510 g/mol. The Morgan fingerprint density at radius 2 is 1.68 bits per heavy atom. The topological polar surface area (TPSA) is 135 Å². The first-order chi connectivity index (χ1) is 14.6. The minimum atomic E-state index is -1.34. The molecule has 8 nitrogen and oxygen atoms in total. The third-order valence-electron chi connectivity index (χ3n) is 4.56. The summed E-state index contributed by atoms with van der Waals surface area (Å²) < 4.78 is -1.34. The zero-order chi connectivity index (χ0) is 22.9. The van der Waals surface area contributed by atoms with Gasteiger partial charge in [0, 0.05) is 21.7 Å². The molecule has 2 aromatic rings. The summed E-state index contributed by atoms with van der Waals surface area (Å²) in [5.74, 6) is 7.71. The number of nitrogens with one attached hydrogen (secondary N) is 3. The molecule has 2 aromatic carbocycles. The Labute approximate surface area is 202 Å². The van der Waals surface area contributed by atoms with Gasteiger partial charge in [-0.1, -0.05) is 34.8 Å². The zero-order valence-electron chi connectivity index (χ0n) is 15.4. The third-order valence-corrected chi connectivity index (χ3v) is 6.26. The lowest BCUT2D eigenvalue weighted by molar-refractivity contribution is -0.117. The number of benzene rings is 2. The van der Waals surface area contributed by atoms with Crippen LogP contribution in [0.1, 0.15) is 21.8 Å². The van der Waals surface area contributed by atoms with Gasteiger partial charge in [-0.25, -0.2) is 5.84 Å². The maximum atomic E-state index is 12.8. The lowest BCUT2D eigenvalue weighted by Crippen LogP contribution is -2.45. The fourth-order valence-corrected chi connectivity index (χ4v) is 4.67. The first-order valence-electron chi connectivity index (χ1n) is 8.58. The van der Waals surface area contributed by atoms with E-state index in [9.17, 15) is 9.59 Å². The Bertz CT molecular complexity index is 1060. The molecule has 1 aliphatic rings. The molecule has 0 saturated heterocycles. The minimum absolute atomic E-state index is 0.0489. The summed E-state index contributed by atoms with van der Waals surface area (Å²) in [6, 6.07) is 9.20. The first kappa shape index (κ1) is 23.7. The SMILES string of the molecule is N/N=C(\NN)NC(=O)c1cc(NC(=O)C2C(c3cc(Cl)cc(Cl)c3)C2(Cl)Cl)ccc1Cl. The Morgan fingerprint density at radius 1 is 1.03 bits per heavy atom. The fourth-order valence-electron chi connectivity index (χ4n) is 3.10. The molecule has 7 N–H and O–H groups in total. The van der Waals surface area contributed by atoms with E-state index in [1.165, 1.54) is 18.2 Å². The van der Waals surface area contributed by atoms with Gasteiger partial charge in [-0.15, -0.1) is 28.3 Å². The van der Waals surface area contributed by atoms with E-state index >= 15 is 0 Å². The summed E-state index contributed by atoms with van der Waals surface area (Å²) in [6.07, 6.45) is 0. The average Bonchev–Trinajstić information content (AvgIpc) is 3.28. The second-order valence-corrected chi connectivity index (χ2v) is 9.32. The van der Waals surface area contributed by atoms with Crippen molar-refractivity contribution in [3.8, 4) is 0 Å². The predicted molar refractivity (Wildman–Crippen MR) is 124 cm³/mol. The number of amides is 2. The average molecular weight is 525 g/mol. The number of nitrogens with zero attached hydrogens (tertiary/aromatic N) is 1. The standard InChI is InChI=1S/C18H15Cl5N6O2/c19-8-3-7(4-9(20)5-8)13-14(18(13,22)23)16(31)26-10-1-2-12(21)11(6-10)15(30)27-17(28-24)29-25/h1-6,13-14H,24-25H2,(H,26,31)(H2,27,28,29,30). The van der Waals surface area contributed by atoms with Crippen LogP contribution in [0.15, 0.2) is 41.5 Å². The van der Waals surface area contributed by atoms with Gasteiger partial charge in [-0.2, -0.15) is 0 Å². The van der Waals surface area contributed by atoms with E-state index in [-0.39, 0.29) is 16.5 Å². The Balaban J connectivity index is 1.78. The second kappa shape index (κ2) is 9.28. The maximum Gasteiger partial charge on any atom is 0.259 e. The Hall–Kier alpha value is -1.94. The third kappa shape index (κ3) is 5.11. The number of anilines is 1. The van der Waals surface area contributed by atoms with Gasteiger partial charge in [0.25, 0.3) is 5.91 Å². The molecule has 1 saturated carbocycles. The highest BCUT2D eigenvalue weighted by Gasteiger charge is 2.67. The van der Waals surface area contributed by atoms with Crippen molar-refractivity contribution >= 4 is 81.5 Å². The van der Waals surface area contributed by atoms with Crippen molar-refractivity contribution in [1.82, 2.24) is 10.7 Å². The number of guanidine groups is 1. The smallest absolute Gasteiger partial charge is 0.259 e. The van der Waals surface area contributed by atoms with Crippen LogP contribution in [0.4, 0.5) is 5.69 Å². The summed E-state index contributed by atoms with van der Waals surface area (Å²) in [5, 5.41) is 9.20. The molecule has 2 unspecified atom stereocenters. The van der Waals surface area contributed by atoms with Crippen LogP contribution in [0, 0.1) is 5.92 Å². The molecule has 2 amide bonds. The van der Waals surface area contributed by atoms with Crippen molar-refractivity contribution < 1.29 is 9.59 Å². The van der Waals surface area contributed by atoms with Crippen LogP contribution in [0.25, 0.3) is 0 Å². The lowest BCUT2D eigenvalue weighted by atomic mass is 10.1. The number of nitrogens with two attached hydrogens (primary N) is 2. The van der Waals surface area contributed by atoms with Crippen molar-refractivity contribution in [2.75, 3.05) is 5.32 Å². The van der Waals surface area contributed by atoms with E-state index in [1.807, 2.05) is 0 Å². The number of carbonyl (C=O) groups is 2. The fraction of sp³-hybridized carbons (Fsp3) is 0.167. The Morgan fingerprint density at radius 3 is 2.26 bits per heavy atom. The molecule has 0 bridgehead atoms. The van der Waals surface area contributed by atoms with Crippen molar-refractivity contribution in [3.63, 3.8) is 0 Å². The van der Waals surface area contributed by atoms with Gasteiger partial charge in [0.05, 0.1) is 16.5 Å². The summed E-state index contributed by atoms with van der Waals surface area (Å²) in [5.41, 5.74) is 3.10. The molecule has 13 heteroatoms. The van der Waals surface area contributed by atoms with Crippen molar-refractivity contribution in [1.29, 1.82) is 0 Å². The number of alkyl halides is 2. The van der Waals surface area contributed by atoms with Crippen molar-refractivity contribution in [2.45, 2.75) is 10.3 Å². The summed E-state index contributed by atoms with van der Waals surface area (Å²) in [4.78, 5) is 25.2. The minimum Gasteiger partial charge on any atom is -0.326 e. The molecule has 1 aliphatic carbocycles. The number of hydrogen-bond donors (Lipinski definition) is 5. The van der Waals surface area contributed by atoms with Gasteiger partial charge in [0.2, 0.25) is 11.9 Å². The molecule has 0 spiro atoms. The van der Waals surface area contributed by atoms with Crippen LogP contribution in [0.5, 0.6) is 0 Å². The quantitative estimate of drug-likeness (QED) is 0.137. The van der Waals surface area contributed by atoms with E-state index < -0.39 is 28.0 Å². The monoisotopic (exact) mass is 522 g/mol. The van der Waals surface area contributed by atoms with E-state index in [2.05, 4.69) is 21.2 Å². The van der Waals surface area contributed by atoms with Gasteiger partial charge < -0.3 is 11.2 Å². The van der Waals surface area contributed by atoms with Gasteiger partial charge in [-0.3, -0.25) is 20.3 Å². The molecule has 0 aliphatic heterocycles. The summed E-state index contributed by atoms with van der Waals surface area (Å²) >= 11 is 30.9. The predicted octanol–water partition coefficient (Wildman–Crippen LogP) is 3.60. The molecule has 0 heterocycles. The summed E-state index contributed by atoms with van der Waals surface area (Å²) in [6.45, 7) is 0. The zero-order valence-corrected chi connectivity index (χ0v) is 19.2. The van der Waals surface area contributed by atoms with E-state index in [1.54, 1.807) is 18.2 Å². The molecule has 164 valence electrons. The highest BCUT2D eigenvalue weighted by Crippen LogP contribution is 2.65. The van der Waals surface area contributed by atoms with Crippen molar-refractivity contribution in [3.05, 3.63) is 62.6 Å². The lowest BCUT2D eigenvalue weighted by Gasteiger charge is -2.11. The van der Waals surface area contributed by atoms with Gasteiger partial charge in [0.1, 0.15) is 4.33 Å². The normalized spacial score (nSPS) is 19.5. The van der Waals surface area contributed by atoms with Gasteiger partial charge >= 0.3 is 0 Å². The van der Waals surface area contributed by atoms with Gasteiger partial charge in [-0.05, 0) is 42.0 Å². The van der Waals surface area contributed by atoms with Crippen LogP contribution in [-0.2, 0) is 4.79 Å².